The Labute approximate surface area is 74.4 Å². The first-order valence-corrected chi connectivity index (χ1v) is 3.87. The minimum atomic E-state index is -0.469. The van der Waals surface area contributed by atoms with E-state index in [9.17, 15) is 4.79 Å². The molecular formula is C9H8N2O2. The van der Waals surface area contributed by atoms with Crippen LogP contribution in [-0.4, -0.2) is 9.78 Å². The van der Waals surface area contributed by atoms with Crippen molar-refractivity contribution in [1.82, 2.24) is 9.78 Å². The van der Waals surface area contributed by atoms with E-state index in [0.29, 0.717) is 5.69 Å². The Morgan fingerprint density at radius 1 is 1.31 bits per heavy atom. The van der Waals surface area contributed by atoms with Crippen molar-refractivity contribution in [2.24, 2.45) is 0 Å². The van der Waals surface area contributed by atoms with Gasteiger partial charge in [0.1, 0.15) is 0 Å². The molecule has 0 unspecified atom stereocenters. The largest absolute Gasteiger partial charge is 0.441 e. The Bertz CT molecular complexity index is 453. The second kappa shape index (κ2) is 2.90. The highest BCUT2D eigenvalue weighted by Gasteiger charge is 2.01. The summed E-state index contributed by atoms with van der Waals surface area (Å²) in [5, 5.41) is 3.75. The third kappa shape index (κ3) is 1.38. The molecule has 0 saturated heterocycles. The summed E-state index contributed by atoms with van der Waals surface area (Å²) in [6.45, 7) is 1.98. The highest BCUT2D eigenvalue weighted by molar-refractivity contribution is 5.32. The molecule has 0 aliphatic heterocycles. The molecule has 0 N–H and O–H groups in total. The van der Waals surface area contributed by atoms with Gasteiger partial charge in [0.25, 0.3) is 0 Å². The molecule has 0 fully saturated rings. The lowest BCUT2D eigenvalue weighted by Crippen LogP contribution is -2.13. The second-order valence-corrected chi connectivity index (χ2v) is 2.75. The van der Waals surface area contributed by atoms with Crippen molar-refractivity contribution in [1.29, 1.82) is 0 Å². The highest BCUT2D eigenvalue weighted by atomic mass is 16.4. The van der Waals surface area contributed by atoms with Crippen LogP contribution in [0.5, 0.6) is 0 Å². The molecule has 2 aromatic rings. The maximum absolute atomic E-state index is 11.0. The summed E-state index contributed by atoms with van der Waals surface area (Å²) in [7, 11) is 0. The molecule has 1 aromatic heterocycles. The standard InChI is InChI=1S/C9H8N2O2/c1-7-2-4-8(5-3-7)11-9(12)13-6-10-11/h2-6H,1H3. The summed E-state index contributed by atoms with van der Waals surface area (Å²) >= 11 is 0. The zero-order valence-corrected chi connectivity index (χ0v) is 7.10. The average Bonchev–Trinajstić information content (AvgIpc) is 2.53. The van der Waals surface area contributed by atoms with Crippen molar-refractivity contribution >= 4 is 0 Å². The van der Waals surface area contributed by atoms with Gasteiger partial charge in [-0.1, -0.05) is 17.7 Å². The van der Waals surface area contributed by atoms with Gasteiger partial charge in [-0.15, -0.1) is 5.10 Å². The molecule has 2 rings (SSSR count). The molecule has 0 aliphatic carbocycles. The van der Waals surface area contributed by atoms with Crippen LogP contribution < -0.4 is 5.76 Å². The van der Waals surface area contributed by atoms with Gasteiger partial charge in [0.15, 0.2) is 0 Å². The fourth-order valence-corrected chi connectivity index (χ4v) is 1.07. The van der Waals surface area contributed by atoms with E-state index in [4.69, 9.17) is 0 Å². The molecule has 4 nitrogen and oxygen atoms in total. The Kier molecular flexibility index (Phi) is 1.73. The topological polar surface area (TPSA) is 48.0 Å². The summed E-state index contributed by atoms with van der Waals surface area (Å²) < 4.78 is 5.75. The highest BCUT2D eigenvalue weighted by Crippen LogP contribution is 2.04. The maximum atomic E-state index is 11.0. The molecule has 1 aromatic carbocycles. The van der Waals surface area contributed by atoms with E-state index >= 15 is 0 Å². The third-order valence-corrected chi connectivity index (χ3v) is 1.77. The Morgan fingerprint density at radius 3 is 2.54 bits per heavy atom. The molecule has 0 saturated carbocycles. The predicted molar refractivity (Wildman–Crippen MR) is 46.8 cm³/mol. The van der Waals surface area contributed by atoms with Crippen LogP contribution in [0.15, 0.2) is 39.9 Å². The van der Waals surface area contributed by atoms with Gasteiger partial charge in [-0.25, -0.2) is 4.79 Å². The minimum absolute atomic E-state index is 0.469. The van der Waals surface area contributed by atoms with Gasteiger partial charge in [-0.2, -0.15) is 4.68 Å². The smallest absolute Gasteiger partial charge is 0.395 e. The van der Waals surface area contributed by atoms with Crippen LogP contribution in [0.4, 0.5) is 0 Å². The minimum Gasteiger partial charge on any atom is -0.395 e. The lowest BCUT2D eigenvalue weighted by molar-refractivity contribution is 0.503. The fourth-order valence-electron chi connectivity index (χ4n) is 1.07. The third-order valence-electron chi connectivity index (χ3n) is 1.77. The number of benzene rings is 1. The zero-order valence-electron chi connectivity index (χ0n) is 7.10. The predicted octanol–water partition coefficient (Wildman–Crippen LogP) is 1.13. The molecule has 0 radical (unpaired) electrons. The van der Waals surface area contributed by atoms with Crippen LogP contribution in [0.1, 0.15) is 5.56 Å². The van der Waals surface area contributed by atoms with Gasteiger partial charge in [-0.05, 0) is 19.1 Å². The van der Waals surface area contributed by atoms with Crippen molar-refractivity contribution in [2.75, 3.05) is 0 Å². The second-order valence-electron chi connectivity index (χ2n) is 2.75. The van der Waals surface area contributed by atoms with Gasteiger partial charge in [-0.3, -0.25) is 0 Å². The van der Waals surface area contributed by atoms with Gasteiger partial charge < -0.3 is 4.42 Å². The van der Waals surface area contributed by atoms with E-state index in [1.165, 1.54) is 4.68 Å². The van der Waals surface area contributed by atoms with E-state index in [2.05, 4.69) is 9.52 Å². The first kappa shape index (κ1) is 7.79. The van der Waals surface area contributed by atoms with Crippen LogP contribution in [0.2, 0.25) is 0 Å². The molecule has 13 heavy (non-hydrogen) atoms. The van der Waals surface area contributed by atoms with E-state index in [-0.39, 0.29) is 0 Å². The zero-order chi connectivity index (χ0) is 9.26. The normalized spacial score (nSPS) is 10.2. The van der Waals surface area contributed by atoms with Crippen molar-refractivity contribution in [3.63, 3.8) is 0 Å². The number of aryl methyl sites for hydroxylation is 1. The number of aromatic nitrogens is 2. The maximum Gasteiger partial charge on any atom is 0.441 e. The van der Waals surface area contributed by atoms with Gasteiger partial charge in [0, 0.05) is 0 Å². The average molecular weight is 176 g/mol. The molecule has 0 atom stereocenters. The van der Waals surface area contributed by atoms with Crippen molar-refractivity contribution in [2.45, 2.75) is 6.92 Å². The van der Waals surface area contributed by atoms with Crippen LogP contribution in [-0.2, 0) is 0 Å². The van der Waals surface area contributed by atoms with Crippen LogP contribution in [0, 0.1) is 6.92 Å². The monoisotopic (exact) mass is 176 g/mol. The number of rotatable bonds is 1. The summed E-state index contributed by atoms with van der Waals surface area (Å²) in [4.78, 5) is 11.0. The van der Waals surface area contributed by atoms with Crippen LogP contribution in [0.25, 0.3) is 5.69 Å². The van der Waals surface area contributed by atoms with Crippen molar-refractivity contribution in [3.05, 3.63) is 46.8 Å². The lowest BCUT2D eigenvalue weighted by atomic mass is 10.2. The number of hydrogen-bond acceptors (Lipinski definition) is 3. The molecule has 1 heterocycles. The quantitative estimate of drug-likeness (QED) is 0.654. The number of hydrogen-bond donors (Lipinski definition) is 0. The summed E-state index contributed by atoms with van der Waals surface area (Å²) in [5.74, 6) is -0.469. The molecule has 0 bridgehead atoms. The summed E-state index contributed by atoms with van der Waals surface area (Å²) in [5.41, 5.74) is 1.85. The van der Waals surface area contributed by atoms with Crippen LogP contribution >= 0.6 is 0 Å². The Hall–Kier alpha value is -1.84. The first-order valence-electron chi connectivity index (χ1n) is 3.87. The van der Waals surface area contributed by atoms with E-state index in [1.54, 1.807) is 0 Å². The molecule has 4 heteroatoms. The Balaban J connectivity index is 2.54. The van der Waals surface area contributed by atoms with Crippen molar-refractivity contribution in [3.8, 4) is 5.69 Å². The summed E-state index contributed by atoms with van der Waals surface area (Å²) in [6.07, 6.45) is 1.13. The SMILES string of the molecule is Cc1ccc(-n2ncoc2=O)cc1. The van der Waals surface area contributed by atoms with Crippen LogP contribution in [0.3, 0.4) is 0 Å². The molecule has 0 amide bonds. The van der Waals surface area contributed by atoms with Gasteiger partial charge >= 0.3 is 5.76 Å². The first-order chi connectivity index (χ1) is 6.27. The Morgan fingerprint density at radius 2 is 2.00 bits per heavy atom. The van der Waals surface area contributed by atoms with E-state index in [0.717, 1.165) is 12.0 Å². The summed E-state index contributed by atoms with van der Waals surface area (Å²) in [6, 6.07) is 7.46. The molecule has 0 aliphatic rings. The fraction of sp³-hybridized carbons (Fsp3) is 0.111. The van der Waals surface area contributed by atoms with E-state index in [1.807, 2.05) is 31.2 Å². The van der Waals surface area contributed by atoms with Crippen molar-refractivity contribution < 1.29 is 4.42 Å². The van der Waals surface area contributed by atoms with Gasteiger partial charge in [0.2, 0.25) is 6.39 Å². The van der Waals surface area contributed by atoms with Gasteiger partial charge in [0.05, 0.1) is 5.69 Å². The van der Waals surface area contributed by atoms with E-state index < -0.39 is 5.76 Å². The molecular weight excluding hydrogens is 168 g/mol. The lowest BCUT2D eigenvalue weighted by Gasteiger charge is -1.97. The molecule has 0 spiro atoms. The molecule has 66 valence electrons. The number of nitrogens with zero attached hydrogens (tertiary/aromatic N) is 2.